The van der Waals surface area contributed by atoms with Gasteiger partial charge >= 0.3 is 12.1 Å². The van der Waals surface area contributed by atoms with E-state index in [0.717, 1.165) is 12.3 Å². The van der Waals surface area contributed by atoms with Crippen LogP contribution in [0.3, 0.4) is 0 Å². The van der Waals surface area contributed by atoms with Gasteiger partial charge in [0.15, 0.2) is 0 Å². The van der Waals surface area contributed by atoms with Crippen LogP contribution in [0.15, 0.2) is 28.9 Å². The molecular formula is C12H7F4NO3. The molecule has 1 N–H and O–H groups in total. The van der Waals surface area contributed by atoms with E-state index in [2.05, 4.69) is 4.98 Å². The van der Waals surface area contributed by atoms with Crippen LogP contribution in [0.2, 0.25) is 0 Å². The Bertz CT molecular complexity index is 648. The summed E-state index contributed by atoms with van der Waals surface area (Å²) in [5, 5.41) is 8.55. The average molecular weight is 289 g/mol. The second-order valence-corrected chi connectivity index (χ2v) is 3.94. The molecule has 0 amide bonds. The predicted molar refractivity (Wildman–Crippen MR) is 58.2 cm³/mol. The van der Waals surface area contributed by atoms with Crippen molar-refractivity contribution in [2.45, 2.75) is 12.6 Å². The molecule has 0 unspecified atom stereocenters. The summed E-state index contributed by atoms with van der Waals surface area (Å²) in [5.41, 5.74) is -1.36. The molecule has 0 atom stereocenters. The highest BCUT2D eigenvalue weighted by atomic mass is 19.4. The minimum atomic E-state index is -4.70. The first-order valence-electron chi connectivity index (χ1n) is 5.30. The highest BCUT2D eigenvalue weighted by Crippen LogP contribution is 2.32. The molecule has 1 aromatic heterocycles. The molecule has 8 heteroatoms. The van der Waals surface area contributed by atoms with Crippen LogP contribution < -0.4 is 0 Å². The summed E-state index contributed by atoms with van der Waals surface area (Å²) in [6, 6.07) is 1.86. The highest BCUT2D eigenvalue weighted by Gasteiger charge is 2.31. The number of oxazole rings is 1. The van der Waals surface area contributed by atoms with Gasteiger partial charge in [-0.1, -0.05) is 0 Å². The molecule has 0 spiro atoms. The minimum absolute atomic E-state index is 0.0327. The van der Waals surface area contributed by atoms with Gasteiger partial charge in [-0.25, -0.2) is 9.37 Å². The molecule has 2 aromatic rings. The number of carboxylic acids is 1. The van der Waals surface area contributed by atoms with Gasteiger partial charge in [-0.2, -0.15) is 13.2 Å². The summed E-state index contributed by atoms with van der Waals surface area (Å²) in [7, 11) is 0. The molecule has 0 aliphatic heterocycles. The maximum atomic E-state index is 13.2. The Labute approximate surface area is 109 Å². The molecule has 1 aromatic carbocycles. The first-order valence-corrected chi connectivity index (χ1v) is 5.30. The smallest absolute Gasteiger partial charge is 0.416 e. The molecule has 0 radical (unpaired) electrons. The van der Waals surface area contributed by atoms with Gasteiger partial charge in [-0.3, -0.25) is 4.79 Å². The zero-order valence-electron chi connectivity index (χ0n) is 9.74. The molecule has 0 bridgehead atoms. The largest absolute Gasteiger partial charge is 0.481 e. The summed E-state index contributed by atoms with van der Waals surface area (Å²) in [5.74, 6) is -2.53. The molecule has 2 rings (SSSR count). The lowest BCUT2D eigenvalue weighted by molar-refractivity contribution is -0.138. The molecule has 0 aliphatic rings. The molecule has 1 heterocycles. The molecule has 106 valence electrons. The van der Waals surface area contributed by atoms with E-state index in [1.807, 2.05) is 0 Å². The van der Waals surface area contributed by atoms with Gasteiger partial charge in [0.05, 0.1) is 17.7 Å². The number of nitrogens with zero attached hydrogens (tertiary/aromatic N) is 1. The molecule has 4 nitrogen and oxygen atoms in total. The Hall–Kier alpha value is -2.38. The van der Waals surface area contributed by atoms with E-state index in [9.17, 15) is 22.4 Å². The number of hydrogen-bond acceptors (Lipinski definition) is 3. The van der Waals surface area contributed by atoms with Crippen molar-refractivity contribution < 1.29 is 31.9 Å². The van der Waals surface area contributed by atoms with Crippen molar-refractivity contribution in [3.63, 3.8) is 0 Å². The van der Waals surface area contributed by atoms with Gasteiger partial charge in [-0.05, 0) is 18.2 Å². The van der Waals surface area contributed by atoms with Crippen molar-refractivity contribution in [3.8, 4) is 11.5 Å². The summed E-state index contributed by atoms with van der Waals surface area (Å²) in [6.45, 7) is 0. The first-order chi connectivity index (χ1) is 9.25. The topological polar surface area (TPSA) is 63.3 Å². The predicted octanol–water partition coefficient (Wildman–Crippen LogP) is 3.13. The molecule has 0 fully saturated rings. The maximum Gasteiger partial charge on any atom is 0.416 e. The maximum absolute atomic E-state index is 13.2. The zero-order valence-corrected chi connectivity index (χ0v) is 9.74. The first kappa shape index (κ1) is 14.0. The Morgan fingerprint density at radius 3 is 2.60 bits per heavy atom. The Morgan fingerprint density at radius 1 is 1.30 bits per heavy atom. The van der Waals surface area contributed by atoms with Crippen LogP contribution in [0, 0.1) is 5.82 Å². The number of hydrogen-bond donors (Lipinski definition) is 1. The second kappa shape index (κ2) is 4.95. The Kier molecular flexibility index (Phi) is 3.47. The van der Waals surface area contributed by atoms with E-state index in [4.69, 9.17) is 9.52 Å². The lowest BCUT2D eigenvalue weighted by Crippen LogP contribution is -2.05. The number of aromatic nitrogens is 1. The van der Waals surface area contributed by atoms with Crippen LogP contribution in [0.25, 0.3) is 11.5 Å². The van der Waals surface area contributed by atoms with Gasteiger partial charge in [0.2, 0.25) is 5.89 Å². The number of carbonyl (C=O) groups is 1. The average Bonchev–Trinajstić information content (AvgIpc) is 2.74. The van der Waals surface area contributed by atoms with Gasteiger partial charge in [0, 0.05) is 5.56 Å². The van der Waals surface area contributed by atoms with Gasteiger partial charge < -0.3 is 9.52 Å². The molecule has 0 saturated heterocycles. The molecule has 0 saturated carbocycles. The van der Waals surface area contributed by atoms with E-state index in [1.54, 1.807) is 0 Å². The molecule has 20 heavy (non-hydrogen) atoms. The third kappa shape index (κ3) is 3.14. The normalized spacial score (nSPS) is 11.6. The lowest BCUT2D eigenvalue weighted by atomic mass is 10.1. The van der Waals surface area contributed by atoms with Crippen LogP contribution in [-0.2, 0) is 17.4 Å². The minimum Gasteiger partial charge on any atom is -0.481 e. The quantitative estimate of drug-likeness (QED) is 0.882. The fourth-order valence-electron chi connectivity index (χ4n) is 1.55. The van der Waals surface area contributed by atoms with Gasteiger partial charge in [-0.15, -0.1) is 0 Å². The van der Waals surface area contributed by atoms with E-state index in [1.165, 1.54) is 0 Å². The van der Waals surface area contributed by atoms with E-state index in [-0.39, 0.29) is 17.1 Å². The summed E-state index contributed by atoms with van der Waals surface area (Å²) < 4.78 is 55.7. The van der Waals surface area contributed by atoms with E-state index in [0.29, 0.717) is 12.1 Å². The van der Waals surface area contributed by atoms with E-state index >= 15 is 0 Å². The molecular weight excluding hydrogens is 282 g/mol. The van der Waals surface area contributed by atoms with Crippen molar-refractivity contribution in [3.05, 3.63) is 41.5 Å². The van der Waals surface area contributed by atoms with Gasteiger partial charge in [0.1, 0.15) is 12.1 Å². The van der Waals surface area contributed by atoms with Crippen LogP contribution in [0.4, 0.5) is 17.6 Å². The number of rotatable bonds is 3. The van der Waals surface area contributed by atoms with Crippen molar-refractivity contribution in [2.75, 3.05) is 0 Å². The Morgan fingerprint density at radius 2 is 2.00 bits per heavy atom. The fraction of sp³-hybridized carbons (Fsp3) is 0.167. The van der Waals surface area contributed by atoms with Gasteiger partial charge in [0.25, 0.3) is 0 Å². The molecule has 0 aliphatic carbocycles. The number of aliphatic carboxylic acids is 1. The van der Waals surface area contributed by atoms with Crippen LogP contribution in [0.5, 0.6) is 0 Å². The summed E-state index contributed by atoms with van der Waals surface area (Å²) in [4.78, 5) is 14.2. The highest BCUT2D eigenvalue weighted by molar-refractivity contribution is 5.69. The number of halogens is 4. The third-order valence-electron chi connectivity index (χ3n) is 2.36. The van der Waals surface area contributed by atoms with Crippen molar-refractivity contribution in [1.29, 1.82) is 0 Å². The fourth-order valence-corrected chi connectivity index (χ4v) is 1.55. The monoisotopic (exact) mass is 289 g/mol. The van der Waals surface area contributed by atoms with Crippen molar-refractivity contribution in [2.24, 2.45) is 0 Å². The second-order valence-electron chi connectivity index (χ2n) is 3.94. The number of carboxylic acid groups (broad SMARTS) is 1. The standard InChI is InChI=1S/C12H7F4NO3/c13-8-2-6(1-7(3-8)12(14,15)16)11-17-9(5-20-11)4-10(18)19/h1-3,5H,4H2,(H,18,19). The third-order valence-corrected chi connectivity index (χ3v) is 2.36. The summed E-state index contributed by atoms with van der Waals surface area (Å²) >= 11 is 0. The lowest BCUT2D eigenvalue weighted by Gasteiger charge is -2.07. The SMILES string of the molecule is O=C(O)Cc1coc(-c2cc(F)cc(C(F)(F)F)c2)n1. The van der Waals surface area contributed by atoms with Crippen LogP contribution in [0.1, 0.15) is 11.3 Å². The van der Waals surface area contributed by atoms with Crippen molar-refractivity contribution in [1.82, 2.24) is 4.98 Å². The summed E-state index contributed by atoms with van der Waals surface area (Å²) in [6.07, 6.45) is -4.14. The Balaban J connectivity index is 2.40. The number of alkyl halides is 3. The number of benzene rings is 1. The van der Waals surface area contributed by atoms with E-state index < -0.39 is 29.9 Å². The van der Waals surface area contributed by atoms with Crippen molar-refractivity contribution >= 4 is 5.97 Å². The van der Waals surface area contributed by atoms with Crippen LogP contribution >= 0.6 is 0 Å². The zero-order chi connectivity index (χ0) is 14.9. The van der Waals surface area contributed by atoms with Crippen LogP contribution in [-0.4, -0.2) is 16.1 Å².